The number of fused-ring (bicyclic) bond motifs is 1. The summed E-state index contributed by atoms with van der Waals surface area (Å²) in [5.74, 6) is -0.381. The number of Topliss-reactive ketones (excluding diaryl/α,β-unsaturated/α-hetero) is 1. The van der Waals surface area contributed by atoms with Crippen LogP contribution < -0.4 is 11.2 Å². The van der Waals surface area contributed by atoms with Gasteiger partial charge in [0.05, 0.1) is 10.9 Å². The number of likely N-dealkylation sites (tertiary alicyclic amines) is 1. The first-order valence-electron chi connectivity index (χ1n) is 10.2. The highest BCUT2D eigenvalue weighted by atomic mass is 19.1. The molecule has 0 spiro atoms. The Morgan fingerprint density at radius 1 is 1.00 bits per heavy atom. The second-order valence-electron chi connectivity index (χ2n) is 7.80. The quantitative estimate of drug-likeness (QED) is 0.607. The lowest BCUT2D eigenvalue weighted by Gasteiger charge is -2.31. The minimum atomic E-state index is -0.351. The van der Waals surface area contributed by atoms with Crippen LogP contribution in [0.5, 0.6) is 0 Å². The van der Waals surface area contributed by atoms with Crippen LogP contribution in [0.4, 0.5) is 4.39 Å². The summed E-state index contributed by atoms with van der Waals surface area (Å²) in [6, 6.07) is 12.8. The first kappa shape index (κ1) is 20.2. The predicted molar refractivity (Wildman–Crippen MR) is 113 cm³/mol. The van der Waals surface area contributed by atoms with Gasteiger partial charge in [-0.15, -0.1) is 0 Å². The molecule has 2 heterocycles. The highest BCUT2D eigenvalue weighted by Gasteiger charge is 2.26. The maximum atomic E-state index is 13.1. The summed E-state index contributed by atoms with van der Waals surface area (Å²) in [6.45, 7) is 2.33. The number of aryl methyl sites for hydroxylation is 1. The van der Waals surface area contributed by atoms with Gasteiger partial charge in [0.15, 0.2) is 5.78 Å². The minimum Gasteiger partial charge on any atom is -0.302 e. The van der Waals surface area contributed by atoms with Crippen LogP contribution in [0.3, 0.4) is 0 Å². The van der Waals surface area contributed by atoms with E-state index in [0.717, 1.165) is 13.1 Å². The molecular weight excluding hydrogens is 385 g/mol. The number of carbonyl (C=O) groups excluding carboxylic acids is 1. The standard InChI is InChI=1S/C23H24FN3O3/c1-25-20-5-3-2-4-19(20)22(29)27(23(25)30)15-14-26-12-10-17(11-13-26)21(28)16-6-8-18(24)9-7-16/h2-9,17H,10-15H2,1H3. The lowest BCUT2D eigenvalue weighted by Crippen LogP contribution is -2.44. The van der Waals surface area contributed by atoms with Crippen molar-refractivity contribution in [3.8, 4) is 0 Å². The van der Waals surface area contributed by atoms with Crippen molar-refractivity contribution < 1.29 is 9.18 Å². The van der Waals surface area contributed by atoms with Crippen LogP contribution in [0.1, 0.15) is 23.2 Å². The van der Waals surface area contributed by atoms with Gasteiger partial charge in [-0.1, -0.05) is 12.1 Å². The van der Waals surface area contributed by atoms with E-state index in [4.69, 9.17) is 0 Å². The number of halogens is 1. The lowest BCUT2D eigenvalue weighted by atomic mass is 9.89. The molecule has 0 atom stereocenters. The van der Waals surface area contributed by atoms with Crippen LogP contribution in [-0.2, 0) is 13.6 Å². The highest BCUT2D eigenvalue weighted by molar-refractivity contribution is 5.97. The molecule has 0 N–H and O–H groups in total. The molecule has 0 radical (unpaired) electrons. The molecule has 2 aromatic carbocycles. The Balaban J connectivity index is 1.41. The Kier molecular flexibility index (Phi) is 5.63. The molecule has 3 aromatic rings. The summed E-state index contributed by atoms with van der Waals surface area (Å²) in [6.07, 6.45) is 1.42. The zero-order chi connectivity index (χ0) is 21.3. The molecule has 1 fully saturated rings. The van der Waals surface area contributed by atoms with E-state index >= 15 is 0 Å². The van der Waals surface area contributed by atoms with E-state index < -0.39 is 0 Å². The number of hydrogen-bond donors (Lipinski definition) is 0. The maximum Gasteiger partial charge on any atom is 0.331 e. The van der Waals surface area contributed by atoms with Gasteiger partial charge in [-0.2, -0.15) is 0 Å². The number of para-hydroxylation sites is 1. The molecule has 7 heteroatoms. The number of rotatable bonds is 5. The van der Waals surface area contributed by atoms with E-state index in [0.29, 0.717) is 42.4 Å². The maximum absolute atomic E-state index is 13.1. The van der Waals surface area contributed by atoms with Crippen molar-refractivity contribution >= 4 is 16.7 Å². The fourth-order valence-corrected chi connectivity index (χ4v) is 4.17. The Morgan fingerprint density at radius 3 is 2.37 bits per heavy atom. The van der Waals surface area contributed by atoms with E-state index in [2.05, 4.69) is 4.90 Å². The van der Waals surface area contributed by atoms with E-state index in [9.17, 15) is 18.8 Å². The molecule has 6 nitrogen and oxygen atoms in total. The molecule has 1 aromatic heterocycles. The Hall–Kier alpha value is -3.06. The van der Waals surface area contributed by atoms with E-state index in [-0.39, 0.29) is 28.8 Å². The van der Waals surface area contributed by atoms with Crippen LogP contribution >= 0.6 is 0 Å². The SMILES string of the molecule is Cn1c(=O)n(CCN2CCC(C(=O)c3ccc(F)cc3)CC2)c(=O)c2ccccc21. The first-order chi connectivity index (χ1) is 14.5. The van der Waals surface area contributed by atoms with Crippen LogP contribution in [-0.4, -0.2) is 39.5 Å². The van der Waals surface area contributed by atoms with Gasteiger partial charge in [0, 0.05) is 31.6 Å². The molecule has 0 bridgehead atoms. The summed E-state index contributed by atoms with van der Waals surface area (Å²) >= 11 is 0. The highest BCUT2D eigenvalue weighted by Crippen LogP contribution is 2.22. The van der Waals surface area contributed by atoms with Crippen molar-refractivity contribution in [3.05, 3.63) is 80.7 Å². The van der Waals surface area contributed by atoms with Crippen LogP contribution in [0.25, 0.3) is 10.9 Å². The van der Waals surface area contributed by atoms with Crippen molar-refractivity contribution in [3.63, 3.8) is 0 Å². The Bertz CT molecular complexity index is 1190. The van der Waals surface area contributed by atoms with E-state index in [1.165, 1.54) is 33.4 Å². The molecule has 156 valence electrons. The van der Waals surface area contributed by atoms with Crippen LogP contribution in [0.15, 0.2) is 58.1 Å². The third kappa shape index (κ3) is 3.85. The smallest absolute Gasteiger partial charge is 0.302 e. The molecule has 0 amide bonds. The molecule has 0 aliphatic carbocycles. The van der Waals surface area contributed by atoms with Gasteiger partial charge in [-0.3, -0.25) is 18.7 Å². The van der Waals surface area contributed by atoms with Gasteiger partial charge < -0.3 is 4.90 Å². The number of carbonyl (C=O) groups is 1. The zero-order valence-electron chi connectivity index (χ0n) is 16.9. The number of nitrogens with zero attached hydrogens (tertiary/aromatic N) is 3. The number of benzene rings is 2. The molecule has 4 rings (SSSR count). The van der Waals surface area contributed by atoms with E-state index in [1.807, 2.05) is 6.07 Å². The lowest BCUT2D eigenvalue weighted by molar-refractivity contribution is 0.0837. The predicted octanol–water partition coefficient (Wildman–Crippen LogP) is 2.43. The Labute approximate surface area is 173 Å². The van der Waals surface area contributed by atoms with Crippen molar-refractivity contribution in [2.45, 2.75) is 19.4 Å². The molecule has 1 saturated heterocycles. The average Bonchev–Trinajstić information content (AvgIpc) is 2.78. The minimum absolute atomic E-state index is 0.0502. The first-order valence-corrected chi connectivity index (χ1v) is 10.2. The van der Waals surface area contributed by atoms with Gasteiger partial charge in [0.1, 0.15) is 5.82 Å². The normalized spacial score (nSPS) is 15.5. The molecule has 1 aliphatic heterocycles. The van der Waals surface area contributed by atoms with Crippen LogP contribution in [0, 0.1) is 11.7 Å². The van der Waals surface area contributed by atoms with Crippen molar-refractivity contribution in [1.29, 1.82) is 0 Å². The molecular formula is C23H24FN3O3. The van der Waals surface area contributed by atoms with Gasteiger partial charge in [0.25, 0.3) is 5.56 Å². The molecule has 30 heavy (non-hydrogen) atoms. The summed E-state index contributed by atoms with van der Waals surface area (Å²) < 4.78 is 15.9. The van der Waals surface area contributed by atoms with Gasteiger partial charge in [-0.25, -0.2) is 9.18 Å². The third-order valence-corrected chi connectivity index (χ3v) is 5.99. The fourth-order valence-electron chi connectivity index (χ4n) is 4.17. The fraction of sp³-hybridized carbons (Fsp3) is 0.348. The number of hydrogen-bond acceptors (Lipinski definition) is 4. The second kappa shape index (κ2) is 8.36. The number of piperidine rings is 1. The van der Waals surface area contributed by atoms with Crippen molar-refractivity contribution in [2.24, 2.45) is 13.0 Å². The number of ketones is 1. The van der Waals surface area contributed by atoms with Crippen molar-refractivity contribution in [2.75, 3.05) is 19.6 Å². The van der Waals surface area contributed by atoms with Crippen LogP contribution in [0.2, 0.25) is 0 Å². The summed E-state index contributed by atoms with van der Waals surface area (Å²) in [5, 5.41) is 0.531. The summed E-state index contributed by atoms with van der Waals surface area (Å²) in [5.41, 5.74) is 0.583. The zero-order valence-corrected chi connectivity index (χ0v) is 16.9. The largest absolute Gasteiger partial charge is 0.331 e. The van der Waals surface area contributed by atoms with Gasteiger partial charge in [-0.05, 0) is 62.3 Å². The summed E-state index contributed by atoms with van der Waals surface area (Å²) in [7, 11) is 1.67. The monoisotopic (exact) mass is 409 g/mol. The summed E-state index contributed by atoms with van der Waals surface area (Å²) in [4.78, 5) is 40.2. The topological polar surface area (TPSA) is 64.3 Å². The average molecular weight is 409 g/mol. The molecule has 0 saturated carbocycles. The van der Waals surface area contributed by atoms with E-state index in [1.54, 1.807) is 25.2 Å². The van der Waals surface area contributed by atoms with Gasteiger partial charge >= 0.3 is 5.69 Å². The van der Waals surface area contributed by atoms with Gasteiger partial charge in [0.2, 0.25) is 0 Å². The third-order valence-electron chi connectivity index (χ3n) is 5.99. The second-order valence-corrected chi connectivity index (χ2v) is 7.80. The number of aromatic nitrogens is 2. The molecule has 1 aliphatic rings. The Morgan fingerprint density at radius 2 is 1.67 bits per heavy atom. The molecule has 0 unspecified atom stereocenters. The van der Waals surface area contributed by atoms with Crippen molar-refractivity contribution in [1.82, 2.24) is 14.0 Å².